The molecule has 0 unspecified atom stereocenters. The first-order chi connectivity index (χ1) is 23.1. The van der Waals surface area contributed by atoms with Gasteiger partial charge < -0.3 is 14.9 Å². The lowest BCUT2D eigenvalue weighted by molar-refractivity contribution is 0.380. The van der Waals surface area contributed by atoms with Gasteiger partial charge in [0.15, 0.2) is 5.82 Å². The third kappa shape index (κ3) is 5.42. The van der Waals surface area contributed by atoms with Crippen LogP contribution in [-0.2, 0) is 4.57 Å². The lowest BCUT2D eigenvalue weighted by atomic mass is 9.91. The van der Waals surface area contributed by atoms with Crippen LogP contribution in [0.15, 0.2) is 131 Å². The number of phenols is 1. The summed E-state index contributed by atoms with van der Waals surface area (Å²) >= 11 is 0. The molecule has 2 heterocycles. The maximum absolute atomic E-state index is 14.6. The summed E-state index contributed by atoms with van der Waals surface area (Å²) in [4.78, 5) is 52.9. The van der Waals surface area contributed by atoms with Gasteiger partial charge in [-0.05, 0) is 71.1 Å². The second kappa shape index (κ2) is 11.8. The van der Waals surface area contributed by atoms with Crippen LogP contribution < -0.4 is 16.3 Å². The zero-order valence-corrected chi connectivity index (χ0v) is 25.7. The number of aromatic hydroxyl groups is 1. The Balaban J connectivity index is 1.61. The summed E-state index contributed by atoms with van der Waals surface area (Å²) in [5.41, 5.74) is 2.00. The highest BCUT2D eigenvalue weighted by Gasteiger charge is 2.27. The molecule has 48 heavy (non-hydrogen) atoms. The molecule has 4 N–H and O–H groups in total. The van der Waals surface area contributed by atoms with Crippen LogP contribution in [0.3, 0.4) is 0 Å². The van der Waals surface area contributed by atoms with Crippen molar-refractivity contribution >= 4 is 24.3 Å². The van der Waals surface area contributed by atoms with Gasteiger partial charge in [-0.3, -0.25) is 14.4 Å². The quantitative estimate of drug-likeness (QED) is 0.123. The number of aromatic nitrogens is 3. The molecule has 0 saturated heterocycles. The van der Waals surface area contributed by atoms with Crippen molar-refractivity contribution in [3.05, 3.63) is 148 Å². The Bertz CT molecular complexity index is 2540. The Morgan fingerprint density at radius 2 is 1.40 bits per heavy atom. The van der Waals surface area contributed by atoms with Gasteiger partial charge in [-0.25, -0.2) is 13.9 Å². The van der Waals surface area contributed by atoms with Gasteiger partial charge in [0.2, 0.25) is 0 Å². The van der Waals surface area contributed by atoms with Crippen LogP contribution in [0.1, 0.15) is 5.56 Å². The number of hydrogen-bond acceptors (Lipinski definition) is 6. The van der Waals surface area contributed by atoms with Gasteiger partial charge in [-0.15, -0.1) is 0 Å². The first-order valence-corrected chi connectivity index (χ1v) is 16.2. The number of pyridine rings is 1. The number of anilines is 1. The molecule has 0 saturated carbocycles. The number of fused-ring (bicyclic) bond motifs is 2. The average Bonchev–Trinajstić information content (AvgIpc) is 3.08. The second-order valence-corrected chi connectivity index (χ2v) is 12.2. The van der Waals surface area contributed by atoms with E-state index in [9.17, 15) is 34.3 Å². The normalized spacial score (nSPS) is 11.4. The number of rotatable bonds is 6. The number of phenolic OH excluding ortho intramolecular Hbond substituents is 1. The SMILES string of the molecule is N#Cc1ccc2cc3c(=O)n(-c4ccc(NP(=O)(O)O)c(-c5ccccc5)c4-c4ccccc4)c(=O)nc-3n(-c3ccc(O)cc3)c2c1. The Morgan fingerprint density at radius 3 is 2.02 bits per heavy atom. The van der Waals surface area contributed by atoms with Crippen molar-refractivity contribution in [3.63, 3.8) is 0 Å². The molecule has 0 bridgehead atoms. The highest BCUT2D eigenvalue weighted by Crippen LogP contribution is 2.46. The Labute approximate surface area is 272 Å². The molecular weight excluding hydrogens is 629 g/mol. The van der Waals surface area contributed by atoms with E-state index in [2.05, 4.69) is 16.1 Å². The molecule has 5 aromatic rings. The molecular formula is C36H24N5O6P. The number of nitriles is 1. The number of nitrogens with one attached hydrogen (secondary N) is 1. The predicted octanol–water partition coefficient (Wildman–Crippen LogP) is 6.06. The van der Waals surface area contributed by atoms with E-state index < -0.39 is 19.0 Å². The highest BCUT2D eigenvalue weighted by atomic mass is 31.2. The monoisotopic (exact) mass is 653 g/mol. The summed E-state index contributed by atoms with van der Waals surface area (Å²) in [6.07, 6.45) is 0. The predicted molar refractivity (Wildman–Crippen MR) is 182 cm³/mol. The largest absolute Gasteiger partial charge is 0.508 e. The van der Waals surface area contributed by atoms with E-state index in [1.807, 2.05) is 0 Å². The van der Waals surface area contributed by atoms with Crippen molar-refractivity contribution < 1.29 is 19.5 Å². The number of nitrogens with zero attached hydrogens (tertiary/aromatic N) is 4. The van der Waals surface area contributed by atoms with E-state index in [1.54, 1.807) is 102 Å². The van der Waals surface area contributed by atoms with Crippen molar-refractivity contribution in [2.75, 3.05) is 5.09 Å². The summed E-state index contributed by atoms with van der Waals surface area (Å²) < 4.78 is 14.7. The molecule has 12 heteroatoms. The van der Waals surface area contributed by atoms with Gasteiger partial charge in [-0.1, -0.05) is 66.7 Å². The standard InChI is InChI=1S/C36H24N5O6P/c37-21-22-11-12-25-20-28-34(40(31(25)19-22)26-13-15-27(42)16-14-26)38-36(44)41(35(28)43)30-18-17-29(39-48(45,46)47)32(23-7-3-1-4-8-23)33(30)24-9-5-2-6-10-24/h1-20,42H,(H3,39,45,46,47). The second-order valence-electron chi connectivity index (χ2n) is 10.9. The molecule has 0 fully saturated rings. The lowest BCUT2D eigenvalue weighted by Crippen LogP contribution is -2.37. The Hall–Kier alpha value is -6.31. The van der Waals surface area contributed by atoms with Crippen molar-refractivity contribution in [2.24, 2.45) is 0 Å². The summed E-state index contributed by atoms with van der Waals surface area (Å²) in [5.74, 6) is 0.0552. The number of benzene rings is 5. The third-order valence-corrected chi connectivity index (χ3v) is 8.43. The fourth-order valence-corrected chi connectivity index (χ4v) is 6.40. The molecule has 0 aliphatic carbocycles. The van der Waals surface area contributed by atoms with Crippen LogP contribution in [0, 0.1) is 11.3 Å². The van der Waals surface area contributed by atoms with Gasteiger partial charge in [0.05, 0.1) is 34.1 Å². The summed E-state index contributed by atoms with van der Waals surface area (Å²) in [5, 5.41) is 22.4. The Morgan fingerprint density at radius 1 is 0.750 bits per heavy atom. The van der Waals surface area contributed by atoms with Gasteiger partial charge in [-0.2, -0.15) is 10.2 Å². The maximum atomic E-state index is 14.6. The van der Waals surface area contributed by atoms with E-state index in [0.29, 0.717) is 44.4 Å². The molecule has 2 aliphatic rings. The maximum Gasteiger partial charge on any atom is 0.427 e. The van der Waals surface area contributed by atoms with Crippen molar-refractivity contribution in [1.82, 2.24) is 14.1 Å². The molecule has 2 aliphatic heterocycles. The lowest BCUT2D eigenvalue weighted by Gasteiger charge is -2.23. The molecule has 7 rings (SSSR count). The molecule has 5 aromatic carbocycles. The van der Waals surface area contributed by atoms with E-state index in [1.165, 1.54) is 24.3 Å². The average molecular weight is 654 g/mol. The molecule has 0 aromatic heterocycles. The van der Waals surface area contributed by atoms with Crippen LogP contribution >= 0.6 is 7.75 Å². The van der Waals surface area contributed by atoms with Crippen molar-refractivity contribution in [1.29, 1.82) is 5.26 Å². The van der Waals surface area contributed by atoms with Crippen LogP contribution in [0.4, 0.5) is 5.69 Å². The highest BCUT2D eigenvalue weighted by molar-refractivity contribution is 7.53. The summed E-state index contributed by atoms with van der Waals surface area (Å²) in [7, 11) is -4.78. The van der Waals surface area contributed by atoms with Crippen LogP contribution in [-0.4, -0.2) is 29.0 Å². The minimum absolute atomic E-state index is 0.0146. The van der Waals surface area contributed by atoms with E-state index >= 15 is 0 Å². The topological polar surface area (TPSA) is 170 Å². The molecule has 0 amide bonds. The van der Waals surface area contributed by atoms with Gasteiger partial charge in [0.25, 0.3) is 5.56 Å². The first-order valence-electron chi connectivity index (χ1n) is 14.6. The van der Waals surface area contributed by atoms with E-state index in [-0.39, 0.29) is 28.5 Å². The van der Waals surface area contributed by atoms with Crippen LogP contribution in [0.25, 0.3) is 55.9 Å². The van der Waals surface area contributed by atoms with E-state index in [0.717, 1.165) is 4.57 Å². The summed E-state index contributed by atoms with van der Waals surface area (Å²) in [6, 6.07) is 35.5. The minimum Gasteiger partial charge on any atom is -0.508 e. The van der Waals surface area contributed by atoms with Gasteiger partial charge >= 0.3 is 13.4 Å². The molecule has 234 valence electrons. The Kier molecular flexibility index (Phi) is 7.46. The zero-order chi connectivity index (χ0) is 33.6. The van der Waals surface area contributed by atoms with E-state index in [4.69, 9.17) is 0 Å². The van der Waals surface area contributed by atoms with Gasteiger partial charge in [0, 0.05) is 16.8 Å². The first kappa shape index (κ1) is 30.3. The fraction of sp³-hybridized carbons (Fsp3) is 0. The molecule has 11 nitrogen and oxygen atoms in total. The van der Waals surface area contributed by atoms with Crippen LogP contribution in [0.5, 0.6) is 5.75 Å². The van der Waals surface area contributed by atoms with Gasteiger partial charge in [0.1, 0.15) is 5.75 Å². The summed E-state index contributed by atoms with van der Waals surface area (Å²) in [6.45, 7) is 0. The zero-order valence-electron chi connectivity index (χ0n) is 24.8. The van der Waals surface area contributed by atoms with Crippen molar-refractivity contribution in [3.8, 4) is 56.8 Å². The fourth-order valence-electron chi connectivity index (χ4n) is 5.90. The van der Waals surface area contributed by atoms with Crippen LogP contribution in [0.2, 0.25) is 0 Å². The molecule has 0 radical (unpaired) electrons. The molecule has 0 atom stereocenters. The third-order valence-electron chi connectivity index (χ3n) is 7.90. The van der Waals surface area contributed by atoms with Crippen molar-refractivity contribution in [2.45, 2.75) is 0 Å². The minimum atomic E-state index is -4.78. The smallest absolute Gasteiger partial charge is 0.427 e. The number of hydrogen-bond donors (Lipinski definition) is 4. The molecule has 0 spiro atoms.